The number of nitrogens with one attached hydrogen (secondary N) is 2. The predicted octanol–water partition coefficient (Wildman–Crippen LogP) is 6.51. The van der Waals surface area contributed by atoms with Crippen LogP contribution < -0.4 is 16.4 Å². The highest BCUT2D eigenvalue weighted by molar-refractivity contribution is 8.14. The fourth-order valence-electron chi connectivity index (χ4n) is 7.62. The molecule has 3 heterocycles. The molecule has 2 aromatic rings. The molecule has 0 aliphatic carbocycles. The Balaban J connectivity index is 1.25. The summed E-state index contributed by atoms with van der Waals surface area (Å²) in [6.45, 7) is 5.12. The maximum Gasteiger partial charge on any atom is 0.481 e. The summed E-state index contributed by atoms with van der Waals surface area (Å²) >= 11 is 1.07. The summed E-state index contributed by atoms with van der Waals surface area (Å²) in [7, 11) is -16.4. The van der Waals surface area contributed by atoms with E-state index in [1.54, 1.807) is 6.08 Å². The topological polar surface area (TPSA) is 364 Å². The highest BCUT2D eigenvalue weighted by Crippen LogP contribution is 2.61. The Kier molecular flexibility index (Phi) is 28.3. The number of aliphatic hydroxyl groups excluding tert-OH is 2. The van der Waals surface area contributed by atoms with Gasteiger partial charge < -0.3 is 50.9 Å². The fraction of sp³-hybridized carbons (Fsp3) is 0.773. The van der Waals surface area contributed by atoms with Gasteiger partial charge in [-0.25, -0.2) is 28.6 Å². The molecular weight excluding hydrogens is 1020 g/mol. The molecule has 412 valence electrons. The number of nitrogens with zero attached hydrogens (tertiary/aromatic N) is 4. The smallest absolute Gasteiger partial charge is 0.386 e. The van der Waals surface area contributed by atoms with Crippen molar-refractivity contribution in [2.75, 3.05) is 37.8 Å². The Morgan fingerprint density at radius 1 is 0.861 bits per heavy atom. The van der Waals surface area contributed by atoms with Gasteiger partial charge in [-0.05, 0) is 24.8 Å². The van der Waals surface area contributed by atoms with Gasteiger partial charge in [-0.3, -0.25) is 32.5 Å². The minimum atomic E-state index is -5.58. The molecule has 2 amide bonds. The molecule has 28 heteroatoms. The van der Waals surface area contributed by atoms with Gasteiger partial charge in [-0.15, -0.1) is 0 Å². The van der Waals surface area contributed by atoms with Crippen molar-refractivity contribution < 1.29 is 80.5 Å². The third kappa shape index (κ3) is 24.8. The zero-order valence-corrected chi connectivity index (χ0v) is 45.3. The lowest BCUT2D eigenvalue weighted by Crippen LogP contribution is -2.46. The van der Waals surface area contributed by atoms with Crippen LogP contribution in [-0.4, -0.2) is 123 Å². The van der Waals surface area contributed by atoms with E-state index in [1.165, 1.54) is 104 Å². The molecule has 0 bridgehead atoms. The molecule has 2 unspecified atom stereocenters. The minimum Gasteiger partial charge on any atom is -0.386 e. The Bertz CT molecular complexity index is 2150. The monoisotopic (exact) mass is 1100 g/mol. The summed E-state index contributed by atoms with van der Waals surface area (Å²) in [5, 5.41) is 26.5. The third-order valence-corrected chi connectivity index (χ3v) is 15.6. The lowest BCUT2D eigenvalue weighted by Gasteiger charge is -2.30. The predicted molar refractivity (Wildman–Crippen MR) is 270 cm³/mol. The van der Waals surface area contributed by atoms with Crippen LogP contribution in [0, 0.1) is 11.3 Å². The van der Waals surface area contributed by atoms with Crippen LogP contribution in [0.4, 0.5) is 5.82 Å². The van der Waals surface area contributed by atoms with E-state index in [2.05, 4.69) is 48.3 Å². The third-order valence-electron chi connectivity index (χ3n) is 11.7. The van der Waals surface area contributed by atoms with Gasteiger partial charge >= 0.3 is 23.5 Å². The SMILES string of the molecule is CC(C)CCCCCCCCCCCCCCCCC/C=C/C(=O)SCCNC(=O)CCNC(=O)[C@@H](O)C(C)(C)COP(=O)(O)OP(=O)(O)OC[C@@H]1O[C@H](n2cnc3c(N)ncnc32)[C@@H](O)[C@H]1OP(=O)(O)O. The number of anilines is 1. The van der Waals surface area contributed by atoms with Crippen LogP contribution in [0.3, 0.4) is 0 Å². The molecule has 1 fully saturated rings. The fourth-order valence-corrected chi connectivity index (χ4v) is 11.0. The quantitative estimate of drug-likeness (QED) is 0.0196. The number of nitrogens with two attached hydrogens (primary N) is 1. The summed E-state index contributed by atoms with van der Waals surface area (Å²) in [6.07, 6.45) is 18.3. The van der Waals surface area contributed by atoms with Gasteiger partial charge in [0.05, 0.1) is 19.5 Å². The van der Waals surface area contributed by atoms with Gasteiger partial charge in [0, 0.05) is 30.7 Å². The normalized spacial score (nSPS) is 19.7. The maximum absolute atomic E-state index is 12.8. The molecule has 1 saturated heterocycles. The molecule has 2 aromatic heterocycles. The van der Waals surface area contributed by atoms with Crippen molar-refractivity contribution >= 4 is 69.1 Å². The van der Waals surface area contributed by atoms with E-state index in [-0.39, 0.29) is 41.6 Å². The second-order valence-corrected chi connectivity index (χ2v) is 24.2. The van der Waals surface area contributed by atoms with E-state index >= 15 is 0 Å². The van der Waals surface area contributed by atoms with Crippen molar-refractivity contribution in [3.8, 4) is 0 Å². The first kappa shape index (κ1) is 63.6. The Morgan fingerprint density at radius 2 is 1.44 bits per heavy atom. The zero-order valence-electron chi connectivity index (χ0n) is 41.8. The van der Waals surface area contributed by atoms with E-state index in [0.717, 1.165) is 54.2 Å². The molecule has 10 N–H and O–H groups in total. The Morgan fingerprint density at radius 3 is 2.04 bits per heavy atom. The van der Waals surface area contributed by atoms with Crippen molar-refractivity contribution in [3.63, 3.8) is 0 Å². The number of thioether (sulfide) groups is 1. The van der Waals surface area contributed by atoms with Crippen molar-refractivity contribution in [2.24, 2.45) is 11.3 Å². The highest BCUT2D eigenvalue weighted by Gasteiger charge is 2.50. The second kappa shape index (κ2) is 32.0. The number of phosphoric ester groups is 3. The van der Waals surface area contributed by atoms with Gasteiger partial charge in [0.1, 0.15) is 36.3 Å². The van der Waals surface area contributed by atoms with E-state index in [4.69, 9.17) is 19.5 Å². The molecule has 0 saturated carbocycles. The molecular formula is C44H78N7O17P3S. The van der Waals surface area contributed by atoms with Gasteiger partial charge in [-0.2, -0.15) is 4.31 Å². The number of carbonyl (C=O) groups excluding carboxylic acids is 3. The number of allylic oxidation sites excluding steroid dienone is 1. The second-order valence-electron chi connectivity index (χ2n) is 18.9. The van der Waals surface area contributed by atoms with E-state index < -0.39 is 84.6 Å². The molecule has 7 atom stereocenters. The standard InChI is InChI=1S/C44H78N7O17P3S/c1-32(2)22-20-18-16-14-12-10-8-6-5-7-9-11-13-15-17-19-21-23-35(53)72-27-26-46-34(52)24-25-47-42(56)39(55)44(3,4)29-65-71(62,63)68-70(60,61)64-28-33-38(67-69(57,58)59)37(54)43(66-33)51-31-50-36-40(45)48-30-49-41(36)51/h21,23,30-33,37-39,43,54-55H,5-20,22,24-29H2,1-4H3,(H,46,52)(H,47,56)(H,60,61)(H,62,63)(H2,45,48,49)(H2,57,58,59)/b23-21+/t33-,37-,38-,39+,43-/m0/s1. The largest absolute Gasteiger partial charge is 0.481 e. The highest BCUT2D eigenvalue weighted by atomic mass is 32.2. The summed E-state index contributed by atoms with van der Waals surface area (Å²) in [5.74, 6) is -0.270. The first-order valence-electron chi connectivity index (χ1n) is 24.6. The summed E-state index contributed by atoms with van der Waals surface area (Å²) in [6, 6.07) is 0. The van der Waals surface area contributed by atoms with Gasteiger partial charge in [0.2, 0.25) is 16.9 Å². The molecule has 0 radical (unpaired) electrons. The van der Waals surface area contributed by atoms with Gasteiger partial charge in [0.25, 0.3) is 0 Å². The minimum absolute atomic E-state index is 0.0328. The number of aliphatic hydroxyl groups is 2. The van der Waals surface area contributed by atoms with Crippen LogP contribution in [0.5, 0.6) is 0 Å². The molecule has 0 aromatic carbocycles. The number of rotatable bonds is 38. The van der Waals surface area contributed by atoms with Crippen LogP contribution in [0.25, 0.3) is 11.2 Å². The number of nitrogen functional groups attached to an aromatic ring is 1. The van der Waals surface area contributed by atoms with E-state index in [9.17, 15) is 57.9 Å². The average molecular weight is 1100 g/mol. The summed E-state index contributed by atoms with van der Waals surface area (Å²) in [5.41, 5.74) is 4.29. The number of unbranched alkanes of at least 4 members (excludes halogenated alkanes) is 15. The number of carbonyl (C=O) groups is 3. The summed E-state index contributed by atoms with van der Waals surface area (Å²) in [4.78, 5) is 88.4. The molecule has 24 nitrogen and oxygen atoms in total. The summed E-state index contributed by atoms with van der Waals surface area (Å²) < 4.78 is 62.5. The number of aromatic nitrogens is 4. The molecule has 0 spiro atoms. The van der Waals surface area contributed by atoms with E-state index in [0.29, 0.717) is 5.75 Å². The Hall–Kier alpha value is -2.70. The Labute approximate surface area is 426 Å². The van der Waals surface area contributed by atoms with Crippen molar-refractivity contribution in [1.29, 1.82) is 0 Å². The number of hydrogen-bond donors (Lipinski definition) is 9. The van der Waals surface area contributed by atoms with Gasteiger partial charge in [0.15, 0.2) is 17.7 Å². The van der Waals surface area contributed by atoms with Crippen molar-refractivity contribution in [2.45, 2.75) is 174 Å². The molecule has 1 aliphatic heterocycles. The maximum atomic E-state index is 12.8. The number of imidazole rings is 1. The van der Waals surface area contributed by atoms with E-state index in [1.807, 2.05) is 6.08 Å². The number of fused-ring (bicyclic) bond motifs is 1. The number of phosphoric acid groups is 3. The first-order chi connectivity index (χ1) is 33.9. The molecule has 72 heavy (non-hydrogen) atoms. The van der Waals surface area contributed by atoms with Crippen molar-refractivity contribution in [3.05, 3.63) is 24.8 Å². The number of amides is 2. The molecule has 3 rings (SSSR count). The average Bonchev–Trinajstić information content (AvgIpc) is 3.86. The van der Waals surface area contributed by atoms with Gasteiger partial charge in [-0.1, -0.05) is 142 Å². The first-order valence-corrected chi connectivity index (χ1v) is 30.1. The number of hydrogen-bond acceptors (Lipinski definition) is 18. The lowest BCUT2D eigenvalue weighted by atomic mass is 9.87. The van der Waals surface area contributed by atoms with Crippen molar-refractivity contribution in [1.82, 2.24) is 30.2 Å². The molecule has 1 aliphatic rings. The van der Waals surface area contributed by atoms with Crippen LogP contribution in [-0.2, 0) is 50.7 Å². The van der Waals surface area contributed by atoms with Crippen LogP contribution in [0.15, 0.2) is 24.8 Å². The van der Waals surface area contributed by atoms with Crippen LogP contribution in [0.2, 0.25) is 0 Å². The van der Waals surface area contributed by atoms with Crippen LogP contribution >= 0.6 is 35.2 Å². The van der Waals surface area contributed by atoms with Crippen LogP contribution in [0.1, 0.15) is 149 Å². The zero-order chi connectivity index (χ0) is 53.4. The lowest BCUT2D eigenvalue weighted by molar-refractivity contribution is -0.137. The number of ether oxygens (including phenoxy) is 1.